The van der Waals surface area contributed by atoms with Crippen LogP contribution in [0.2, 0.25) is 0 Å². The van der Waals surface area contributed by atoms with Crippen molar-refractivity contribution in [2.24, 2.45) is 0 Å². The lowest BCUT2D eigenvalue weighted by Crippen LogP contribution is -2.52. The van der Waals surface area contributed by atoms with E-state index >= 15 is 0 Å². The Morgan fingerprint density at radius 1 is 1.06 bits per heavy atom. The van der Waals surface area contributed by atoms with E-state index < -0.39 is 5.60 Å². The van der Waals surface area contributed by atoms with Crippen molar-refractivity contribution < 1.29 is 9.53 Å². The fourth-order valence-electron chi connectivity index (χ4n) is 6.49. The van der Waals surface area contributed by atoms with Crippen LogP contribution in [0.4, 0.5) is 5.69 Å². The zero-order valence-corrected chi connectivity index (χ0v) is 20.4. The number of hydrogen-bond donors (Lipinski definition) is 0. The van der Waals surface area contributed by atoms with Crippen molar-refractivity contribution >= 4 is 27.6 Å². The van der Waals surface area contributed by atoms with Gasteiger partial charge in [-0.25, -0.2) is 0 Å². The molecule has 4 heteroatoms. The molecule has 0 aromatic heterocycles. The predicted octanol–water partition coefficient (Wildman–Crippen LogP) is 6.69. The van der Waals surface area contributed by atoms with Gasteiger partial charge in [0, 0.05) is 17.6 Å². The SMILES string of the molecule is CCCCCC1=C[C@]2(CCCBr)OC(=O)C[C@@]23c2ccccc2N(Cc2ccccc2)[C@@H]13. The summed E-state index contributed by atoms with van der Waals surface area (Å²) in [6, 6.07) is 19.6. The maximum absolute atomic E-state index is 12.9. The second-order valence-electron chi connectivity index (χ2n) is 9.51. The van der Waals surface area contributed by atoms with Gasteiger partial charge in [-0.1, -0.05) is 84.2 Å². The molecule has 0 radical (unpaired) electrons. The number of halogens is 1. The van der Waals surface area contributed by atoms with Crippen molar-refractivity contribution in [3.8, 4) is 0 Å². The van der Waals surface area contributed by atoms with Gasteiger partial charge in [0.15, 0.2) is 0 Å². The third-order valence-corrected chi connectivity index (χ3v) is 8.22. The monoisotopic (exact) mass is 493 g/mol. The minimum atomic E-state index is -0.536. The summed E-state index contributed by atoms with van der Waals surface area (Å²) >= 11 is 3.62. The Kier molecular flexibility index (Phi) is 5.92. The number of alkyl halides is 1. The molecule has 1 fully saturated rings. The highest BCUT2D eigenvalue weighted by Crippen LogP contribution is 2.65. The number of unbranched alkanes of at least 4 members (excludes halogenated alkanes) is 2. The summed E-state index contributed by atoms with van der Waals surface area (Å²) in [6.07, 6.45) is 9.41. The van der Waals surface area contributed by atoms with E-state index in [4.69, 9.17) is 4.74 Å². The summed E-state index contributed by atoms with van der Waals surface area (Å²) < 4.78 is 6.31. The molecule has 3 aliphatic rings. The van der Waals surface area contributed by atoms with Crippen molar-refractivity contribution in [2.45, 2.75) is 75.5 Å². The van der Waals surface area contributed by atoms with Crippen LogP contribution < -0.4 is 4.90 Å². The van der Waals surface area contributed by atoms with E-state index in [0.717, 1.165) is 31.1 Å². The van der Waals surface area contributed by atoms with Crippen LogP contribution in [0.3, 0.4) is 0 Å². The van der Waals surface area contributed by atoms with Gasteiger partial charge in [0.05, 0.1) is 17.9 Å². The predicted molar refractivity (Wildman–Crippen MR) is 133 cm³/mol. The molecule has 1 saturated heterocycles. The zero-order chi connectivity index (χ0) is 22.2. The Balaban J connectivity index is 1.65. The van der Waals surface area contributed by atoms with Gasteiger partial charge in [0.25, 0.3) is 0 Å². The molecule has 3 nitrogen and oxygen atoms in total. The highest BCUT2D eigenvalue weighted by atomic mass is 79.9. The van der Waals surface area contributed by atoms with Crippen molar-refractivity contribution in [1.29, 1.82) is 0 Å². The Hall–Kier alpha value is -2.07. The Bertz CT molecular complexity index is 1020. The van der Waals surface area contributed by atoms with Gasteiger partial charge in [-0.05, 0) is 54.5 Å². The first-order valence-electron chi connectivity index (χ1n) is 12.0. The molecule has 2 aromatic rings. The second-order valence-corrected chi connectivity index (χ2v) is 10.3. The topological polar surface area (TPSA) is 29.5 Å². The average Bonchev–Trinajstić information content (AvgIpc) is 3.34. The minimum absolute atomic E-state index is 0.0511. The first-order chi connectivity index (χ1) is 15.6. The summed E-state index contributed by atoms with van der Waals surface area (Å²) in [6.45, 7) is 3.10. The molecule has 1 spiro atoms. The number of ether oxygens (including phenoxy) is 1. The van der Waals surface area contributed by atoms with Crippen LogP contribution in [-0.4, -0.2) is 22.9 Å². The number of fused-ring (bicyclic) bond motifs is 1. The average molecular weight is 494 g/mol. The number of nitrogens with zero attached hydrogens (tertiary/aromatic N) is 1. The van der Waals surface area contributed by atoms with Crippen molar-refractivity contribution in [2.75, 3.05) is 10.2 Å². The summed E-state index contributed by atoms with van der Waals surface area (Å²) in [5.41, 5.74) is 4.47. The van der Waals surface area contributed by atoms with Crippen LogP contribution in [0.5, 0.6) is 0 Å². The molecular weight excluding hydrogens is 462 g/mol. The molecule has 5 rings (SSSR count). The second kappa shape index (κ2) is 8.70. The molecule has 2 heterocycles. The fraction of sp³-hybridized carbons (Fsp3) is 0.464. The largest absolute Gasteiger partial charge is 0.454 e. The van der Waals surface area contributed by atoms with Gasteiger partial charge in [0.1, 0.15) is 5.60 Å². The Morgan fingerprint density at radius 2 is 1.84 bits per heavy atom. The van der Waals surface area contributed by atoms with E-state index in [1.54, 1.807) is 0 Å². The van der Waals surface area contributed by atoms with Gasteiger partial charge in [-0.15, -0.1) is 0 Å². The molecule has 168 valence electrons. The van der Waals surface area contributed by atoms with Gasteiger partial charge in [-0.2, -0.15) is 0 Å². The van der Waals surface area contributed by atoms with Crippen LogP contribution in [0, 0.1) is 0 Å². The summed E-state index contributed by atoms with van der Waals surface area (Å²) in [5, 5.41) is 0.918. The Morgan fingerprint density at radius 3 is 2.62 bits per heavy atom. The van der Waals surface area contributed by atoms with Gasteiger partial charge >= 0.3 is 5.97 Å². The molecule has 0 amide bonds. The van der Waals surface area contributed by atoms with Crippen LogP contribution in [0.15, 0.2) is 66.2 Å². The highest BCUT2D eigenvalue weighted by Gasteiger charge is 2.71. The highest BCUT2D eigenvalue weighted by molar-refractivity contribution is 9.09. The molecule has 1 aliphatic carbocycles. The lowest BCUT2D eigenvalue weighted by Gasteiger charge is -2.40. The smallest absolute Gasteiger partial charge is 0.307 e. The molecule has 2 aromatic carbocycles. The maximum Gasteiger partial charge on any atom is 0.307 e. The third-order valence-electron chi connectivity index (χ3n) is 7.66. The van der Waals surface area contributed by atoms with E-state index in [2.05, 4.69) is 88.4 Å². The van der Waals surface area contributed by atoms with Gasteiger partial charge in [0.2, 0.25) is 0 Å². The fourth-order valence-corrected chi connectivity index (χ4v) is 6.77. The zero-order valence-electron chi connectivity index (χ0n) is 18.9. The van der Waals surface area contributed by atoms with E-state index in [0.29, 0.717) is 6.42 Å². The lowest BCUT2D eigenvalue weighted by atomic mass is 9.65. The molecule has 3 atom stereocenters. The normalized spacial score (nSPS) is 27.7. The number of benzene rings is 2. The van der Waals surface area contributed by atoms with Crippen molar-refractivity contribution in [3.05, 3.63) is 77.4 Å². The number of hydrogen-bond acceptors (Lipinski definition) is 3. The minimum Gasteiger partial charge on any atom is -0.454 e. The molecule has 0 saturated carbocycles. The molecule has 2 aliphatic heterocycles. The number of esters is 1. The number of para-hydroxylation sites is 1. The summed E-state index contributed by atoms with van der Waals surface area (Å²) in [7, 11) is 0. The quantitative estimate of drug-likeness (QED) is 0.168. The number of carbonyl (C=O) groups excluding carboxylic acids is 1. The molecule has 0 N–H and O–H groups in total. The summed E-state index contributed by atoms with van der Waals surface area (Å²) in [4.78, 5) is 15.5. The standard InChI is InChI=1S/C28H32BrNO2/c1-2-3-5-13-22-18-27(16-10-17-29)28(19-25(31)32-27)23-14-8-9-15-24(23)30(26(22)28)20-21-11-6-4-7-12-21/h4,6-9,11-12,14-15,18,26H,2-3,5,10,13,16-17,19-20H2,1H3/t26-,27-,28-/m0/s1. The van der Waals surface area contributed by atoms with Gasteiger partial charge < -0.3 is 9.64 Å². The van der Waals surface area contributed by atoms with Gasteiger partial charge in [-0.3, -0.25) is 4.79 Å². The first-order valence-corrected chi connectivity index (χ1v) is 13.2. The van der Waals surface area contributed by atoms with Crippen LogP contribution in [0.25, 0.3) is 0 Å². The Labute approximate surface area is 200 Å². The molecule has 32 heavy (non-hydrogen) atoms. The third kappa shape index (κ3) is 3.25. The number of rotatable bonds is 9. The first kappa shape index (κ1) is 21.8. The molecular formula is C28H32BrNO2. The van der Waals surface area contributed by atoms with E-state index in [-0.39, 0.29) is 17.4 Å². The van der Waals surface area contributed by atoms with Crippen LogP contribution in [0.1, 0.15) is 63.0 Å². The number of anilines is 1. The van der Waals surface area contributed by atoms with Crippen LogP contribution >= 0.6 is 15.9 Å². The van der Waals surface area contributed by atoms with E-state index in [1.807, 2.05) is 0 Å². The van der Waals surface area contributed by atoms with E-state index in [9.17, 15) is 4.79 Å². The molecule has 0 bridgehead atoms. The van der Waals surface area contributed by atoms with Crippen molar-refractivity contribution in [3.63, 3.8) is 0 Å². The molecule has 0 unspecified atom stereocenters. The van der Waals surface area contributed by atoms with Crippen molar-refractivity contribution in [1.82, 2.24) is 0 Å². The maximum atomic E-state index is 12.9. The number of carbonyl (C=O) groups is 1. The lowest BCUT2D eigenvalue weighted by molar-refractivity contribution is -0.146. The summed E-state index contributed by atoms with van der Waals surface area (Å²) in [5.74, 6) is -0.0511. The van der Waals surface area contributed by atoms with Crippen LogP contribution in [-0.2, 0) is 21.5 Å². The van der Waals surface area contributed by atoms with E-state index in [1.165, 1.54) is 41.6 Å².